The number of urea groups is 1. The molecule has 2 atom stereocenters. The Balaban J connectivity index is 2.05. The molecule has 1 aliphatic rings. The second-order valence-corrected chi connectivity index (χ2v) is 8.83. The Morgan fingerprint density at radius 2 is 1.93 bits per heavy atom. The van der Waals surface area contributed by atoms with Gasteiger partial charge in [0.15, 0.2) is 0 Å². The fourth-order valence-corrected chi connectivity index (χ4v) is 4.45. The smallest absolute Gasteiger partial charge is 0.323 e. The number of aliphatic carboxylic acids is 1. The molecule has 7 nitrogen and oxygen atoms in total. The molecule has 1 aromatic rings. The van der Waals surface area contributed by atoms with Crippen LogP contribution in [0.3, 0.4) is 0 Å². The van der Waals surface area contributed by atoms with E-state index in [1.807, 2.05) is 30.3 Å². The average Bonchev–Trinajstić information content (AvgIpc) is 2.58. The van der Waals surface area contributed by atoms with Gasteiger partial charge in [-0.1, -0.05) is 51.1 Å². The summed E-state index contributed by atoms with van der Waals surface area (Å²) in [6.07, 6.45) is 4.03. The van der Waals surface area contributed by atoms with Crippen LogP contribution in [-0.2, 0) is 16.1 Å². The zero-order valence-electron chi connectivity index (χ0n) is 16.8. The van der Waals surface area contributed by atoms with Crippen molar-refractivity contribution in [1.82, 2.24) is 10.2 Å². The molecule has 152 valence electrons. The molecule has 28 heavy (non-hydrogen) atoms. The molecular formula is C21H29N3O4. The van der Waals surface area contributed by atoms with Crippen LogP contribution < -0.4 is 5.32 Å². The molecule has 0 aromatic heterocycles. The first-order valence-corrected chi connectivity index (χ1v) is 9.48. The van der Waals surface area contributed by atoms with Crippen LogP contribution in [0.5, 0.6) is 0 Å². The number of nitrogens with zero attached hydrogens (tertiary/aromatic N) is 2. The summed E-state index contributed by atoms with van der Waals surface area (Å²) in [5, 5.41) is 12.1. The van der Waals surface area contributed by atoms with Crippen LogP contribution in [0.4, 0.5) is 4.79 Å². The summed E-state index contributed by atoms with van der Waals surface area (Å²) < 4.78 is 0. The van der Waals surface area contributed by atoms with Gasteiger partial charge in [0.25, 0.3) is 0 Å². The van der Waals surface area contributed by atoms with Crippen molar-refractivity contribution < 1.29 is 19.5 Å². The first kappa shape index (κ1) is 21.6. The number of carboxylic acid groups (broad SMARTS) is 1. The van der Waals surface area contributed by atoms with Crippen molar-refractivity contribution in [3.63, 3.8) is 0 Å². The fraction of sp³-hybridized carbons (Fsp3) is 0.571. The molecule has 0 heterocycles. The molecule has 1 saturated carbocycles. The van der Waals surface area contributed by atoms with Gasteiger partial charge in [0.1, 0.15) is 6.54 Å². The lowest BCUT2D eigenvalue weighted by atomic mass is 9.63. The molecule has 7 heteroatoms. The summed E-state index contributed by atoms with van der Waals surface area (Å²) >= 11 is 0. The number of hydrogen-bond acceptors (Lipinski definition) is 4. The zero-order chi connectivity index (χ0) is 20.8. The second-order valence-electron chi connectivity index (χ2n) is 8.83. The van der Waals surface area contributed by atoms with Crippen molar-refractivity contribution >= 4 is 18.1 Å². The van der Waals surface area contributed by atoms with E-state index in [2.05, 4.69) is 31.1 Å². The summed E-state index contributed by atoms with van der Waals surface area (Å²) in [5.41, 5.74) is 0.627. The fourth-order valence-electron chi connectivity index (χ4n) is 4.45. The van der Waals surface area contributed by atoms with Crippen LogP contribution in [0.15, 0.2) is 35.3 Å². The largest absolute Gasteiger partial charge is 0.480 e. The lowest BCUT2D eigenvalue weighted by Gasteiger charge is -2.45. The number of carbonyl (C=O) groups is 2. The summed E-state index contributed by atoms with van der Waals surface area (Å²) in [6.45, 7) is 6.57. The van der Waals surface area contributed by atoms with Gasteiger partial charge in [0.2, 0.25) is 6.08 Å². The van der Waals surface area contributed by atoms with E-state index in [1.54, 1.807) is 6.08 Å². The van der Waals surface area contributed by atoms with Crippen LogP contribution in [0, 0.1) is 10.8 Å². The quantitative estimate of drug-likeness (QED) is 0.554. The molecule has 2 amide bonds. The van der Waals surface area contributed by atoms with Gasteiger partial charge < -0.3 is 15.3 Å². The molecule has 1 fully saturated rings. The van der Waals surface area contributed by atoms with Crippen molar-refractivity contribution in [2.45, 2.75) is 52.6 Å². The number of benzene rings is 1. The predicted molar refractivity (Wildman–Crippen MR) is 106 cm³/mol. The maximum absolute atomic E-state index is 12.7. The van der Waals surface area contributed by atoms with Crippen LogP contribution in [-0.4, -0.2) is 47.2 Å². The molecule has 0 bridgehead atoms. The zero-order valence-corrected chi connectivity index (χ0v) is 16.8. The number of aliphatic imine (C=N–C) groups is 1. The van der Waals surface area contributed by atoms with Crippen molar-refractivity contribution in [2.75, 3.05) is 13.1 Å². The highest BCUT2D eigenvalue weighted by atomic mass is 16.4. The van der Waals surface area contributed by atoms with Crippen molar-refractivity contribution in [3.8, 4) is 0 Å². The van der Waals surface area contributed by atoms with E-state index in [9.17, 15) is 19.5 Å². The van der Waals surface area contributed by atoms with Gasteiger partial charge in [0.05, 0.1) is 6.04 Å². The van der Waals surface area contributed by atoms with E-state index in [4.69, 9.17) is 0 Å². The van der Waals surface area contributed by atoms with Gasteiger partial charge >= 0.3 is 12.0 Å². The number of amides is 2. The molecule has 0 saturated heterocycles. The average molecular weight is 387 g/mol. The van der Waals surface area contributed by atoms with E-state index < -0.39 is 12.0 Å². The molecular weight excluding hydrogens is 358 g/mol. The number of isocyanates is 1. The highest BCUT2D eigenvalue weighted by molar-refractivity contribution is 5.80. The SMILES string of the molecule is CC1(C)CC(N=C=O)CC(C)(CNC(=O)N(CC(=O)O)Cc2ccccc2)C1. The van der Waals surface area contributed by atoms with Gasteiger partial charge in [-0.3, -0.25) is 4.79 Å². The van der Waals surface area contributed by atoms with Gasteiger partial charge in [-0.05, 0) is 35.7 Å². The summed E-state index contributed by atoms with van der Waals surface area (Å²) in [5.74, 6) is -1.06. The third-order valence-corrected chi connectivity index (χ3v) is 5.15. The van der Waals surface area contributed by atoms with Crippen molar-refractivity contribution in [1.29, 1.82) is 0 Å². The Kier molecular flexibility index (Phi) is 6.97. The van der Waals surface area contributed by atoms with E-state index in [-0.39, 0.29) is 30.0 Å². The monoisotopic (exact) mass is 387 g/mol. The molecule has 2 unspecified atom stereocenters. The minimum Gasteiger partial charge on any atom is -0.480 e. The molecule has 0 spiro atoms. The van der Waals surface area contributed by atoms with Crippen molar-refractivity contribution in [2.24, 2.45) is 15.8 Å². The van der Waals surface area contributed by atoms with Crippen molar-refractivity contribution in [3.05, 3.63) is 35.9 Å². The second kappa shape index (κ2) is 9.02. The predicted octanol–water partition coefficient (Wildman–Crippen LogP) is 3.20. The van der Waals surface area contributed by atoms with Gasteiger partial charge in [-0.25, -0.2) is 14.6 Å². The van der Waals surface area contributed by atoms with E-state index in [0.717, 1.165) is 18.4 Å². The normalized spacial score (nSPS) is 23.3. The first-order valence-electron chi connectivity index (χ1n) is 9.48. The van der Waals surface area contributed by atoms with Crippen LogP contribution >= 0.6 is 0 Å². The minimum atomic E-state index is -1.06. The van der Waals surface area contributed by atoms with Gasteiger partial charge in [0, 0.05) is 13.1 Å². The maximum Gasteiger partial charge on any atom is 0.323 e. The number of rotatable bonds is 7. The maximum atomic E-state index is 12.7. The topological polar surface area (TPSA) is 99.1 Å². The third kappa shape index (κ3) is 6.50. The highest BCUT2D eigenvalue weighted by Crippen LogP contribution is 2.46. The minimum absolute atomic E-state index is 0.00641. The summed E-state index contributed by atoms with van der Waals surface area (Å²) in [4.78, 5) is 39.8. The van der Waals surface area contributed by atoms with E-state index in [0.29, 0.717) is 13.0 Å². The van der Waals surface area contributed by atoms with Crippen LogP contribution in [0.25, 0.3) is 0 Å². The Hall–Kier alpha value is -2.66. The molecule has 2 N–H and O–H groups in total. The Morgan fingerprint density at radius 3 is 2.54 bits per heavy atom. The Morgan fingerprint density at radius 1 is 1.25 bits per heavy atom. The van der Waals surface area contributed by atoms with Gasteiger partial charge in [-0.15, -0.1) is 0 Å². The summed E-state index contributed by atoms with van der Waals surface area (Å²) in [7, 11) is 0. The summed E-state index contributed by atoms with van der Waals surface area (Å²) in [6, 6.07) is 8.77. The molecule has 2 rings (SSSR count). The van der Waals surface area contributed by atoms with Crippen LogP contribution in [0.1, 0.15) is 45.6 Å². The number of carbonyl (C=O) groups excluding carboxylic acids is 2. The lowest BCUT2D eigenvalue weighted by Crippen LogP contribution is -2.48. The van der Waals surface area contributed by atoms with E-state index >= 15 is 0 Å². The standard InChI is InChI=1S/C21H29N3O4/c1-20(2)9-17(23-15-25)10-21(3,13-20)14-22-19(28)24(12-18(26)27)11-16-7-5-4-6-8-16/h4-8,17H,9-14H2,1-3H3,(H,22,28)(H,26,27). The third-order valence-electron chi connectivity index (χ3n) is 5.15. The molecule has 0 aliphatic heterocycles. The molecule has 1 aliphatic carbocycles. The molecule has 0 radical (unpaired) electrons. The number of carboxylic acids is 1. The Bertz CT molecular complexity index is 743. The molecule has 1 aromatic carbocycles. The van der Waals surface area contributed by atoms with E-state index in [1.165, 1.54) is 4.90 Å². The number of nitrogens with one attached hydrogen (secondary N) is 1. The van der Waals surface area contributed by atoms with Gasteiger partial charge in [-0.2, -0.15) is 0 Å². The lowest BCUT2D eigenvalue weighted by molar-refractivity contribution is -0.137. The number of hydrogen-bond donors (Lipinski definition) is 2. The Labute approximate surface area is 165 Å². The highest BCUT2D eigenvalue weighted by Gasteiger charge is 2.41. The van der Waals surface area contributed by atoms with Crippen LogP contribution in [0.2, 0.25) is 0 Å². The first-order chi connectivity index (χ1) is 13.1.